The minimum absolute atomic E-state index is 0.517. The van der Waals surface area contributed by atoms with E-state index in [-0.39, 0.29) is 0 Å². The van der Waals surface area contributed by atoms with Crippen LogP contribution >= 0.6 is 0 Å². The Balaban J connectivity index is 1.85. The molecule has 1 aromatic rings. The van der Waals surface area contributed by atoms with Crippen molar-refractivity contribution >= 4 is 0 Å². The molecule has 1 aliphatic rings. The Morgan fingerprint density at radius 1 is 1.47 bits per heavy atom. The SMILES string of the molecule is CC1(CCOc2ncccc2CCN)CCC1. The van der Waals surface area contributed by atoms with Crippen molar-refractivity contribution in [2.24, 2.45) is 11.1 Å². The average molecular weight is 234 g/mol. The quantitative estimate of drug-likeness (QED) is 0.823. The summed E-state index contributed by atoms with van der Waals surface area (Å²) in [5.41, 5.74) is 7.21. The van der Waals surface area contributed by atoms with Gasteiger partial charge in [-0.25, -0.2) is 4.98 Å². The molecular formula is C14H22N2O. The molecule has 17 heavy (non-hydrogen) atoms. The predicted molar refractivity (Wildman–Crippen MR) is 69.1 cm³/mol. The van der Waals surface area contributed by atoms with Crippen molar-refractivity contribution in [3.8, 4) is 5.88 Å². The van der Waals surface area contributed by atoms with Crippen LogP contribution in [0.5, 0.6) is 5.88 Å². The van der Waals surface area contributed by atoms with Gasteiger partial charge in [-0.3, -0.25) is 0 Å². The summed E-state index contributed by atoms with van der Waals surface area (Å²) in [7, 11) is 0. The van der Waals surface area contributed by atoms with Gasteiger partial charge in [-0.1, -0.05) is 19.4 Å². The maximum Gasteiger partial charge on any atom is 0.216 e. The average Bonchev–Trinajstić information content (AvgIpc) is 2.29. The number of pyridine rings is 1. The van der Waals surface area contributed by atoms with E-state index in [4.69, 9.17) is 10.5 Å². The second-order valence-corrected chi connectivity index (χ2v) is 5.27. The monoisotopic (exact) mass is 234 g/mol. The number of nitrogens with two attached hydrogens (primary N) is 1. The first-order valence-electron chi connectivity index (χ1n) is 6.50. The molecule has 1 fully saturated rings. The Hall–Kier alpha value is -1.09. The second-order valence-electron chi connectivity index (χ2n) is 5.27. The van der Waals surface area contributed by atoms with Gasteiger partial charge in [0.2, 0.25) is 5.88 Å². The summed E-state index contributed by atoms with van der Waals surface area (Å²) >= 11 is 0. The number of nitrogens with zero attached hydrogens (tertiary/aromatic N) is 1. The van der Waals surface area contributed by atoms with Crippen LogP contribution in [0.25, 0.3) is 0 Å². The van der Waals surface area contributed by atoms with Crippen LogP contribution in [-0.2, 0) is 6.42 Å². The summed E-state index contributed by atoms with van der Waals surface area (Å²) in [6.07, 6.45) is 7.80. The molecule has 0 aromatic carbocycles. The highest BCUT2D eigenvalue weighted by Crippen LogP contribution is 2.43. The summed E-state index contributed by atoms with van der Waals surface area (Å²) in [6.45, 7) is 3.75. The van der Waals surface area contributed by atoms with Crippen LogP contribution in [0, 0.1) is 5.41 Å². The van der Waals surface area contributed by atoms with E-state index >= 15 is 0 Å². The van der Waals surface area contributed by atoms with Gasteiger partial charge in [0, 0.05) is 11.8 Å². The lowest BCUT2D eigenvalue weighted by atomic mass is 9.68. The summed E-state index contributed by atoms with van der Waals surface area (Å²) in [5.74, 6) is 0.765. The van der Waals surface area contributed by atoms with Gasteiger partial charge in [-0.05, 0) is 43.7 Å². The van der Waals surface area contributed by atoms with Gasteiger partial charge in [0.1, 0.15) is 0 Å². The first-order valence-corrected chi connectivity index (χ1v) is 6.50. The Morgan fingerprint density at radius 2 is 2.29 bits per heavy atom. The number of aromatic nitrogens is 1. The van der Waals surface area contributed by atoms with Gasteiger partial charge in [0.05, 0.1) is 6.61 Å². The lowest BCUT2D eigenvalue weighted by Gasteiger charge is -2.38. The normalized spacial score (nSPS) is 17.5. The van der Waals surface area contributed by atoms with Crippen molar-refractivity contribution in [2.75, 3.05) is 13.2 Å². The molecule has 0 bridgehead atoms. The Kier molecular flexibility index (Phi) is 4.00. The molecule has 2 rings (SSSR count). The van der Waals surface area contributed by atoms with E-state index in [1.807, 2.05) is 12.1 Å². The minimum Gasteiger partial charge on any atom is -0.477 e. The van der Waals surface area contributed by atoms with E-state index in [0.29, 0.717) is 12.0 Å². The highest BCUT2D eigenvalue weighted by atomic mass is 16.5. The van der Waals surface area contributed by atoms with Crippen LogP contribution in [0.2, 0.25) is 0 Å². The standard InChI is InChI=1S/C14H22N2O/c1-14(6-3-7-14)8-11-17-13-12(5-9-15)4-2-10-16-13/h2,4,10H,3,5-9,11,15H2,1H3. The van der Waals surface area contributed by atoms with Crippen LogP contribution in [0.15, 0.2) is 18.3 Å². The molecule has 2 N–H and O–H groups in total. The van der Waals surface area contributed by atoms with Gasteiger partial charge in [0.15, 0.2) is 0 Å². The highest BCUT2D eigenvalue weighted by molar-refractivity contribution is 5.25. The zero-order chi connectivity index (χ0) is 12.1. The highest BCUT2D eigenvalue weighted by Gasteiger charge is 2.31. The van der Waals surface area contributed by atoms with E-state index in [9.17, 15) is 0 Å². The van der Waals surface area contributed by atoms with Crippen LogP contribution in [0.1, 0.15) is 38.2 Å². The first kappa shape index (κ1) is 12.4. The van der Waals surface area contributed by atoms with E-state index in [2.05, 4.69) is 11.9 Å². The third-order valence-electron chi connectivity index (χ3n) is 3.77. The predicted octanol–water partition coefficient (Wildman–Crippen LogP) is 2.54. The molecule has 0 aliphatic heterocycles. The number of ether oxygens (including phenoxy) is 1. The molecule has 0 saturated heterocycles. The Bertz CT molecular complexity index is 361. The molecule has 1 saturated carbocycles. The number of hydrogen-bond donors (Lipinski definition) is 1. The van der Waals surface area contributed by atoms with Crippen molar-refractivity contribution in [1.82, 2.24) is 4.98 Å². The second kappa shape index (κ2) is 5.50. The maximum atomic E-state index is 5.79. The van der Waals surface area contributed by atoms with Gasteiger partial charge in [-0.2, -0.15) is 0 Å². The molecule has 0 unspecified atom stereocenters. The molecule has 1 aliphatic carbocycles. The fourth-order valence-corrected chi connectivity index (χ4v) is 2.32. The van der Waals surface area contributed by atoms with Crippen LogP contribution in [-0.4, -0.2) is 18.1 Å². The molecular weight excluding hydrogens is 212 g/mol. The molecule has 3 nitrogen and oxygen atoms in total. The zero-order valence-corrected chi connectivity index (χ0v) is 10.6. The number of rotatable bonds is 6. The molecule has 1 aromatic heterocycles. The van der Waals surface area contributed by atoms with Crippen molar-refractivity contribution in [2.45, 2.75) is 39.0 Å². The van der Waals surface area contributed by atoms with E-state index in [1.165, 1.54) is 19.3 Å². The summed E-state index contributed by atoms with van der Waals surface area (Å²) < 4.78 is 5.79. The molecule has 3 heteroatoms. The van der Waals surface area contributed by atoms with Crippen molar-refractivity contribution < 1.29 is 4.74 Å². The Labute approximate surface area is 103 Å². The Morgan fingerprint density at radius 3 is 2.94 bits per heavy atom. The zero-order valence-electron chi connectivity index (χ0n) is 10.6. The summed E-state index contributed by atoms with van der Waals surface area (Å²) in [5, 5.41) is 0. The van der Waals surface area contributed by atoms with Crippen LogP contribution < -0.4 is 10.5 Å². The lowest BCUT2D eigenvalue weighted by molar-refractivity contribution is 0.114. The summed E-state index contributed by atoms with van der Waals surface area (Å²) in [4.78, 5) is 4.28. The fraction of sp³-hybridized carbons (Fsp3) is 0.643. The molecule has 1 heterocycles. The fourth-order valence-electron chi connectivity index (χ4n) is 2.32. The third-order valence-corrected chi connectivity index (χ3v) is 3.77. The molecule has 0 amide bonds. The maximum absolute atomic E-state index is 5.79. The smallest absolute Gasteiger partial charge is 0.216 e. The van der Waals surface area contributed by atoms with E-state index in [0.717, 1.165) is 30.9 Å². The first-order chi connectivity index (χ1) is 8.23. The lowest BCUT2D eigenvalue weighted by Crippen LogP contribution is -2.27. The largest absolute Gasteiger partial charge is 0.477 e. The van der Waals surface area contributed by atoms with Gasteiger partial charge >= 0.3 is 0 Å². The van der Waals surface area contributed by atoms with Gasteiger partial charge < -0.3 is 10.5 Å². The van der Waals surface area contributed by atoms with Crippen molar-refractivity contribution in [3.63, 3.8) is 0 Å². The van der Waals surface area contributed by atoms with Crippen molar-refractivity contribution in [1.29, 1.82) is 0 Å². The molecule has 0 radical (unpaired) electrons. The molecule has 0 spiro atoms. The van der Waals surface area contributed by atoms with E-state index < -0.39 is 0 Å². The van der Waals surface area contributed by atoms with Crippen LogP contribution in [0.4, 0.5) is 0 Å². The van der Waals surface area contributed by atoms with Crippen molar-refractivity contribution in [3.05, 3.63) is 23.9 Å². The minimum atomic E-state index is 0.517. The third kappa shape index (κ3) is 3.19. The van der Waals surface area contributed by atoms with E-state index in [1.54, 1.807) is 6.20 Å². The van der Waals surface area contributed by atoms with Gasteiger partial charge in [0.25, 0.3) is 0 Å². The summed E-state index contributed by atoms with van der Waals surface area (Å²) in [6, 6.07) is 3.98. The number of hydrogen-bond acceptors (Lipinski definition) is 3. The molecule has 94 valence electrons. The van der Waals surface area contributed by atoms with Crippen LogP contribution in [0.3, 0.4) is 0 Å². The van der Waals surface area contributed by atoms with Gasteiger partial charge in [-0.15, -0.1) is 0 Å². The molecule has 0 atom stereocenters. The topological polar surface area (TPSA) is 48.1 Å².